The van der Waals surface area contributed by atoms with E-state index >= 15 is 0 Å². The molecular weight excluding hydrogens is 202 g/mol. The lowest BCUT2D eigenvalue weighted by molar-refractivity contribution is 0.119. The molecule has 0 atom stereocenters. The Morgan fingerprint density at radius 1 is 1.57 bits per heavy atom. The van der Waals surface area contributed by atoms with Crippen LogP contribution in [-0.4, -0.2) is 30.0 Å². The van der Waals surface area contributed by atoms with E-state index in [2.05, 4.69) is 10.4 Å². The van der Waals surface area contributed by atoms with E-state index in [0.717, 1.165) is 17.9 Å². The van der Waals surface area contributed by atoms with Gasteiger partial charge in [-0.15, -0.1) is 0 Å². The van der Waals surface area contributed by atoms with Crippen molar-refractivity contribution in [3.05, 3.63) is 16.4 Å². The minimum atomic E-state index is 0.512. The van der Waals surface area contributed by atoms with Gasteiger partial charge in [0.25, 0.3) is 0 Å². The second kappa shape index (κ2) is 5.34. The van der Waals surface area contributed by atoms with E-state index in [9.17, 15) is 0 Å². The number of hydrogen-bond acceptors (Lipinski definition) is 3. The average Bonchev–Trinajstić information content (AvgIpc) is 2.38. The molecule has 0 aliphatic rings. The van der Waals surface area contributed by atoms with E-state index in [1.807, 2.05) is 21.0 Å². The first kappa shape index (κ1) is 11.5. The Labute approximate surface area is 89.2 Å². The molecule has 1 N–H and O–H groups in total. The molecule has 0 saturated carbocycles. The predicted molar refractivity (Wildman–Crippen MR) is 56.5 cm³/mol. The van der Waals surface area contributed by atoms with Gasteiger partial charge in [-0.3, -0.25) is 4.68 Å². The normalized spacial score (nSPS) is 10.9. The van der Waals surface area contributed by atoms with Gasteiger partial charge < -0.3 is 10.1 Å². The molecule has 0 spiro atoms. The largest absolute Gasteiger partial charge is 0.374 e. The molecule has 1 rings (SSSR count). The number of rotatable bonds is 5. The van der Waals surface area contributed by atoms with E-state index in [4.69, 9.17) is 16.3 Å². The second-order valence-electron chi connectivity index (χ2n) is 3.13. The first-order chi connectivity index (χ1) is 6.66. The molecule has 0 saturated heterocycles. The minimum Gasteiger partial charge on any atom is -0.374 e. The minimum absolute atomic E-state index is 0.512. The maximum Gasteiger partial charge on any atom is 0.0900 e. The average molecular weight is 218 g/mol. The Kier molecular flexibility index (Phi) is 4.38. The van der Waals surface area contributed by atoms with Crippen LogP contribution in [0.15, 0.2) is 0 Å². The molecule has 0 aliphatic heterocycles. The SMILES string of the molecule is CNCCOCc1c(Cl)c(C)nn1C. The lowest BCUT2D eigenvalue weighted by Crippen LogP contribution is -2.14. The molecule has 0 fully saturated rings. The Balaban J connectivity index is 2.49. The lowest BCUT2D eigenvalue weighted by Gasteiger charge is -2.04. The van der Waals surface area contributed by atoms with Crippen molar-refractivity contribution in [1.82, 2.24) is 15.1 Å². The summed E-state index contributed by atoms with van der Waals surface area (Å²) in [5.41, 5.74) is 1.78. The number of nitrogens with one attached hydrogen (secondary N) is 1. The summed E-state index contributed by atoms with van der Waals surface area (Å²) in [4.78, 5) is 0. The zero-order chi connectivity index (χ0) is 10.6. The Morgan fingerprint density at radius 3 is 2.79 bits per heavy atom. The van der Waals surface area contributed by atoms with Crippen LogP contribution in [0.25, 0.3) is 0 Å². The molecule has 0 aromatic carbocycles. The van der Waals surface area contributed by atoms with E-state index in [-0.39, 0.29) is 0 Å². The zero-order valence-electron chi connectivity index (χ0n) is 8.80. The van der Waals surface area contributed by atoms with Crippen LogP contribution in [0.4, 0.5) is 0 Å². The Bertz CT molecular complexity index is 298. The maximum absolute atomic E-state index is 6.05. The van der Waals surface area contributed by atoms with Crippen molar-refractivity contribution >= 4 is 11.6 Å². The van der Waals surface area contributed by atoms with Gasteiger partial charge >= 0.3 is 0 Å². The number of halogens is 1. The highest BCUT2D eigenvalue weighted by atomic mass is 35.5. The van der Waals surface area contributed by atoms with Gasteiger partial charge in [0.1, 0.15) is 0 Å². The number of nitrogens with zero attached hydrogens (tertiary/aromatic N) is 2. The molecule has 0 aliphatic carbocycles. The van der Waals surface area contributed by atoms with Crippen molar-refractivity contribution in [2.45, 2.75) is 13.5 Å². The summed E-state index contributed by atoms with van der Waals surface area (Å²) in [5, 5.41) is 7.91. The summed E-state index contributed by atoms with van der Waals surface area (Å²) >= 11 is 6.05. The van der Waals surface area contributed by atoms with Crippen LogP contribution in [0.5, 0.6) is 0 Å². The van der Waals surface area contributed by atoms with Crippen molar-refractivity contribution in [1.29, 1.82) is 0 Å². The Morgan fingerprint density at radius 2 is 2.29 bits per heavy atom. The van der Waals surface area contributed by atoms with Gasteiger partial charge in [0.15, 0.2) is 0 Å². The number of ether oxygens (including phenoxy) is 1. The summed E-state index contributed by atoms with van der Waals surface area (Å²) < 4.78 is 7.19. The third-order valence-corrected chi connectivity index (χ3v) is 2.49. The first-order valence-electron chi connectivity index (χ1n) is 4.57. The Hall–Kier alpha value is -0.580. The van der Waals surface area contributed by atoms with E-state index in [1.54, 1.807) is 4.68 Å². The van der Waals surface area contributed by atoms with E-state index < -0.39 is 0 Å². The molecule has 80 valence electrons. The van der Waals surface area contributed by atoms with Crippen LogP contribution in [0.3, 0.4) is 0 Å². The first-order valence-corrected chi connectivity index (χ1v) is 4.95. The quantitative estimate of drug-likeness (QED) is 0.752. The van der Waals surface area contributed by atoms with Crippen molar-refractivity contribution < 1.29 is 4.74 Å². The lowest BCUT2D eigenvalue weighted by atomic mass is 10.4. The van der Waals surface area contributed by atoms with Crippen LogP contribution >= 0.6 is 11.6 Å². The number of likely N-dealkylation sites (N-methyl/N-ethyl adjacent to an activating group) is 1. The smallest absolute Gasteiger partial charge is 0.0900 e. The molecule has 0 bridgehead atoms. The van der Waals surface area contributed by atoms with Gasteiger partial charge in [-0.05, 0) is 14.0 Å². The molecule has 0 unspecified atom stereocenters. The van der Waals surface area contributed by atoms with Crippen LogP contribution in [-0.2, 0) is 18.4 Å². The fraction of sp³-hybridized carbons (Fsp3) is 0.667. The van der Waals surface area contributed by atoms with Crippen LogP contribution in [0, 0.1) is 6.92 Å². The van der Waals surface area contributed by atoms with Gasteiger partial charge in [0.2, 0.25) is 0 Å². The third kappa shape index (κ3) is 2.70. The van der Waals surface area contributed by atoms with E-state index in [1.165, 1.54) is 0 Å². The van der Waals surface area contributed by atoms with E-state index in [0.29, 0.717) is 18.2 Å². The molecule has 4 nitrogen and oxygen atoms in total. The van der Waals surface area contributed by atoms with Gasteiger partial charge in [-0.2, -0.15) is 5.10 Å². The van der Waals surface area contributed by atoms with Crippen LogP contribution in [0.2, 0.25) is 5.02 Å². The van der Waals surface area contributed by atoms with Crippen molar-refractivity contribution in [2.75, 3.05) is 20.2 Å². The summed E-state index contributed by atoms with van der Waals surface area (Å²) in [6.45, 7) is 3.92. The topological polar surface area (TPSA) is 39.1 Å². The standard InChI is InChI=1S/C9H16ClN3O/c1-7-9(10)8(13(3)12-7)6-14-5-4-11-2/h11H,4-6H2,1-3H3. The highest BCUT2D eigenvalue weighted by Crippen LogP contribution is 2.19. The molecule has 0 amide bonds. The third-order valence-electron chi connectivity index (χ3n) is 2.00. The van der Waals surface area contributed by atoms with Gasteiger partial charge in [0.05, 0.1) is 29.6 Å². The van der Waals surface area contributed by atoms with Crippen molar-refractivity contribution in [2.24, 2.45) is 7.05 Å². The summed E-state index contributed by atoms with van der Waals surface area (Å²) in [6.07, 6.45) is 0. The van der Waals surface area contributed by atoms with Gasteiger partial charge in [-0.1, -0.05) is 11.6 Å². The fourth-order valence-corrected chi connectivity index (χ4v) is 1.39. The molecule has 14 heavy (non-hydrogen) atoms. The zero-order valence-corrected chi connectivity index (χ0v) is 9.56. The van der Waals surface area contributed by atoms with Crippen LogP contribution < -0.4 is 5.32 Å². The highest BCUT2D eigenvalue weighted by molar-refractivity contribution is 6.31. The predicted octanol–water partition coefficient (Wildman–Crippen LogP) is 1.12. The fourth-order valence-electron chi connectivity index (χ4n) is 1.18. The van der Waals surface area contributed by atoms with Crippen LogP contribution in [0.1, 0.15) is 11.4 Å². The molecule has 5 heteroatoms. The van der Waals surface area contributed by atoms with Crippen molar-refractivity contribution in [3.8, 4) is 0 Å². The monoisotopic (exact) mass is 217 g/mol. The number of aromatic nitrogens is 2. The summed E-state index contributed by atoms with van der Waals surface area (Å²) in [6, 6.07) is 0. The van der Waals surface area contributed by atoms with Gasteiger partial charge in [-0.25, -0.2) is 0 Å². The highest BCUT2D eigenvalue weighted by Gasteiger charge is 2.10. The van der Waals surface area contributed by atoms with Gasteiger partial charge in [0, 0.05) is 13.6 Å². The summed E-state index contributed by atoms with van der Waals surface area (Å²) in [5.74, 6) is 0. The second-order valence-corrected chi connectivity index (χ2v) is 3.50. The number of aryl methyl sites for hydroxylation is 2. The molecule has 1 heterocycles. The molecule has 1 aromatic rings. The summed E-state index contributed by atoms with van der Waals surface area (Å²) in [7, 11) is 3.76. The maximum atomic E-state index is 6.05. The molecule has 0 radical (unpaired) electrons. The molecular formula is C9H16ClN3O. The van der Waals surface area contributed by atoms with Crippen molar-refractivity contribution in [3.63, 3.8) is 0 Å². The number of hydrogen-bond donors (Lipinski definition) is 1. The molecule has 1 aromatic heterocycles.